The molecule has 1 fully saturated rings. The van der Waals surface area contributed by atoms with E-state index in [-0.39, 0.29) is 17.9 Å². The lowest BCUT2D eigenvalue weighted by Gasteiger charge is -2.34. The fourth-order valence-electron chi connectivity index (χ4n) is 4.09. The Bertz CT molecular complexity index is 1090. The normalized spacial score (nSPS) is 18.5. The van der Waals surface area contributed by atoms with Gasteiger partial charge in [0.1, 0.15) is 17.7 Å². The number of aliphatic hydroxyl groups is 1. The van der Waals surface area contributed by atoms with Crippen molar-refractivity contribution in [2.75, 3.05) is 11.9 Å². The number of hydrogen-bond donors (Lipinski definition) is 3. The summed E-state index contributed by atoms with van der Waals surface area (Å²) < 4.78 is 5.28. The number of alkyl carbamates (subject to hydrolysis) is 1. The van der Waals surface area contributed by atoms with Crippen LogP contribution in [0.2, 0.25) is 0 Å². The Morgan fingerprint density at radius 1 is 1.08 bits per heavy atom. The fraction of sp³-hybridized carbons (Fsp3) is 0.464. The predicted molar refractivity (Wildman–Crippen MR) is 138 cm³/mol. The lowest BCUT2D eigenvalue weighted by atomic mass is 10.0. The van der Waals surface area contributed by atoms with Gasteiger partial charge in [-0.25, -0.2) is 4.79 Å². The van der Waals surface area contributed by atoms with Crippen LogP contribution in [-0.4, -0.2) is 52.2 Å². The summed E-state index contributed by atoms with van der Waals surface area (Å²) in [6, 6.07) is 12.5. The maximum Gasteiger partial charge on any atom is 0.408 e. The number of amides is 3. The minimum Gasteiger partial charge on any atom is -0.444 e. The molecule has 1 saturated carbocycles. The van der Waals surface area contributed by atoms with Gasteiger partial charge in [0.15, 0.2) is 0 Å². The second kappa shape index (κ2) is 11.1. The molecule has 8 nitrogen and oxygen atoms in total. The molecule has 36 heavy (non-hydrogen) atoms. The smallest absolute Gasteiger partial charge is 0.408 e. The molecule has 0 saturated heterocycles. The van der Waals surface area contributed by atoms with E-state index in [1.54, 1.807) is 20.8 Å². The van der Waals surface area contributed by atoms with Gasteiger partial charge in [0, 0.05) is 11.7 Å². The number of rotatable bonds is 8. The number of ether oxygens (including phenoxy) is 1. The van der Waals surface area contributed by atoms with Crippen molar-refractivity contribution >= 4 is 23.6 Å². The van der Waals surface area contributed by atoms with Crippen molar-refractivity contribution < 1.29 is 24.2 Å². The molecule has 3 amide bonds. The summed E-state index contributed by atoms with van der Waals surface area (Å²) in [7, 11) is 0. The topological polar surface area (TPSA) is 108 Å². The van der Waals surface area contributed by atoms with Crippen LogP contribution in [0.25, 0.3) is 0 Å². The minimum atomic E-state index is -1.26. The quantitative estimate of drug-likeness (QED) is 0.511. The summed E-state index contributed by atoms with van der Waals surface area (Å²) in [5, 5.41) is 15.5. The summed E-state index contributed by atoms with van der Waals surface area (Å²) in [5.41, 5.74) is 2.45. The van der Waals surface area contributed by atoms with Crippen LogP contribution in [-0.2, 0) is 14.3 Å². The summed E-state index contributed by atoms with van der Waals surface area (Å²) >= 11 is 0. The van der Waals surface area contributed by atoms with Crippen molar-refractivity contribution in [2.24, 2.45) is 5.92 Å². The van der Waals surface area contributed by atoms with Crippen LogP contribution in [0.5, 0.6) is 0 Å². The van der Waals surface area contributed by atoms with E-state index in [0.717, 1.165) is 17.5 Å². The maximum atomic E-state index is 13.8. The molecule has 0 radical (unpaired) electrons. The van der Waals surface area contributed by atoms with Gasteiger partial charge in [-0.2, -0.15) is 0 Å². The molecule has 3 N–H and O–H groups in total. The second-order valence-electron chi connectivity index (χ2n) is 10.5. The van der Waals surface area contributed by atoms with Crippen LogP contribution >= 0.6 is 0 Å². The van der Waals surface area contributed by atoms with Gasteiger partial charge in [0.05, 0.1) is 6.61 Å². The number of nitrogens with zero attached hydrogens (tertiary/aromatic N) is 1. The standard InChI is InChI=1S/C28H37N3O5/c1-17-11-13-20(14-12-17)24(25(33)29-21-10-8-7-9-18(21)2)31(23-15-19(23)3)26(34)22(16-32)30-27(35)36-28(4,5)6/h7-14,19,22-24,32H,15-16H2,1-6H3,(H,29,33)(H,30,35). The Kier molecular flexibility index (Phi) is 8.40. The van der Waals surface area contributed by atoms with Crippen molar-refractivity contribution in [1.82, 2.24) is 10.2 Å². The van der Waals surface area contributed by atoms with Gasteiger partial charge in [0.2, 0.25) is 5.91 Å². The molecule has 4 unspecified atom stereocenters. The molecule has 0 spiro atoms. The van der Waals surface area contributed by atoms with Crippen LogP contribution in [0.3, 0.4) is 0 Å². The fourth-order valence-corrected chi connectivity index (χ4v) is 4.09. The van der Waals surface area contributed by atoms with Crippen molar-refractivity contribution in [3.8, 4) is 0 Å². The number of aliphatic hydroxyl groups excluding tert-OH is 1. The molecular formula is C28H37N3O5. The lowest BCUT2D eigenvalue weighted by Crippen LogP contribution is -2.54. The van der Waals surface area contributed by atoms with Gasteiger partial charge in [-0.3, -0.25) is 9.59 Å². The highest BCUT2D eigenvalue weighted by molar-refractivity contribution is 5.99. The van der Waals surface area contributed by atoms with E-state index in [1.807, 2.05) is 69.3 Å². The van der Waals surface area contributed by atoms with Crippen LogP contribution < -0.4 is 10.6 Å². The lowest BCUT2D eigenvalue weighted by molar-refractivity contribution is -0.142. The first-order valence-electron chi connectivity index (χ1n) is 12.3. The summed E-state index contributed by atoms with van der Waals surface area (Å²) in [4.78, 5) is 41.5. The number of carbonyl (C=O) groups is 3. The Hall–Kier alpha value is -3.39. The van der Waals surface area contributed by atoms with Crippen molar-refractivity contribution in [1.29, 1.82) is 0 Å². The van der Waals surface area contributed by atoms with E-state index in [0.29, 0.717) is 11.3 Å². The summed E-state index contributed by atoms with van der Waals surface area (Å²) in [6.07, 6.45) is -0.0917. The third kappa shape index (κ3) is 6.85. The average molecular weight is 496 g/mol. The third-order valence-corrected chi connectivity index (χ3v) is 6.17. The first-order chi connectivity index (χ1) is 16.9. The monoisotopic (exact) mass is 495 g/mol. The molecule has 1 aliphatic carbocycles. The summed E-state index contributed by atoms with van der Waals surface area (Å²) in [5.74, 6) is -0.730. The maximum absolute atomic E-state index is 13.8. The van der Waals surface area contributed by atoms with E-state index in [2.05, 4.69) is 10.6 Å². The number of aryl methyl sites for hydroxylation is 2. The van der Waals surface area contributed by atoms with Gasteiger partial charge in [0.25, 0.3) is 5.91 Å². The van der Waals surface area contributed by atoms with Crippen molar-refractivity contribution in [2.45, 2.75) is 71.7 Å². The summed E-state index contributed by atoms with van der Waals surface area (Å²) in [6.45, 7) is 10.4. The molecule has 2 aromatic rings. The first kappa shape index (κ1) is 27.2. The molecular weight excluding hydrogens is 458 g/mol. The van der Waals surface area contributed by atoms with Crippen LogP contribution in [0.1, 0.15) is 56.8 Å². The van der Waals surface area contributed by atoms with Crippen molar-refractivity contribution in [3.63, 3.8) is 0 Å². The Labute approximate surface area is 213 Å². The number of para-hydroxylation sites is 1. The van der Waals surface area contributed by atoms with Crippen LogP contribution in [0.4, 0.5) is 10.5 Å². The van der Waals surface area contributed by atoms with E-state index in [9.17, 15) is 19.5 Å². The van der Waals surface area contributed by atoms with E-state index in [4.69, 9.17) is 4.74 Å². The Morgan fingerprint density at radius 2 is 1.69 bits per heavy atom. The van der Waals surface area contributed by atoms with E-state index in [1.165, 1.54) is 4.90 Å². The highest BCUT2D eigenvalue weighted by atomic mass is 16.6. The van der Waals surface area contributed by atoms with E-state index < -0.39 is 36.3 Å². The van der Waals surface area contributed by atoms with Crippen molar-refractivity contribution in [3.05, 3.63) is 65.2 Å². The SMILES string of the molecule is Cc1ccc(C(C(=O)Nc2ccccc2C)N(C(=O)C(CO)NC(=O)OC(C)(C)C)C2CC2C)cc1. The molecule has 0 aromatic heterocycles. The number of carbonyl (C=O) groups excluding carboxylic acids is 3. The average Bonchev–Trinajstić information content (AvgIpc) is 3.52. The zero-order valence-corrected chi connectivity index (χ0v) is 21.9. The molecule has 1 aliphatic rings. The van der Waals surface area contributed by atoms with Gasteiger partial charge in [-0.05, 0) is 64.2 Å². The minimum absolute atomic E-state index is 0.175. The van der Waals surface area contributed by atoms with E-state index >= 15 is 0 Å². The highest BCUT2D eigenvalue weighted by Gasteiger charge is 2.48. The third-order valence-electron chi connectivity index (χ3n) is 6.17. The number of hydrogen-bond acceptors (Lipinski definition) is 5. The van der Waals surface area contributed by atoms with Gasteiger partial charge in [-0.15, -0.1) is 0 Å². The zero-order valence-electron chi connectivity index (χ0n) is 21.9. The van der Waals surface area contributed by atoms with Crippen LogP contribution in [0.15, 0.2) is 48.5 Å². The molecule has 0 heterocycles. The Morgan fingerprint density at radius 3 is 2.22 bits per heavy atom. The first-order valence-corrected chi connectivity index (χ1v) is 12.3. The molecule has 0 aliphatic heterocycles. The molecule has 0 bridgehead atoms. The number of benzene rings is 2. The Balaban J connectivity index is 1.98. The molecule has 4 atom stereocenters. The number of anilines is 1. The predicted octanol–water partition coefficient (Wildman–Crippen LogP) is 4.11. The van der Waals surface area contributed by atoms with Gasteiger partial charge >= 0.3 is 6.09 Å². The highest BCUT2D eigenvalue weighted by Crippen LogP contribution is 2.41. The van der Waals surface area contributed by atoms with Crippen LogP contribution in [0, 0.1) is 19.8 Å². The molecule has 3 rings (SSSR count). The molecule has 194 valence electrons. The molecule has 8 heteroatoms. The van der Waals surface area contributed by atoms with Gasteiger partial charge < -0.3 is 25.4 Å². The molecule has 2 aromatic carbocycles. The van der Waals surface area contributed by atoms with Gasteiger partial charge in [-0.1, -0.05) is 55.0 Å². The second-order valence-corrected chi connectivity index (χ2v) is 10.5. The largest absolute Gasteiger partial charge is 0.444 e. The zero-order chi connectivity index (χ0) is 26.6. The number of nitrogens with one attached hydrogen (secondary N) is 2.